The van der Waals surface area contributed by atoms with Gasteiger partial charge in [0, 0.05) is 0 Å². The lowest BCUT2D eigenvalue weighted by Gasteiger charge is -2.10. The van der Waals surface area contributed by atoms with Gasteiger partial charge in [0.2, 0.25) is 0 Å². The molecule has 10 heavy (non-hydrogen) atoms. The Morgan fingerprint density at radius 3 is 2.90 bits per heavy atom. The Kier molecular flexibility index (Phi) is 2.73. The molecule has 0 bridgehead atoms. The molecule has 0 fully saturated rings. The quantitative estimate of drug-likeness (QED) is 0.546. The van der Waals surface area contributed by atoms with Crippen LogP contribution in [-0.4, -0.2) is 0 Å². The summed E-state index contributed by atoms with van der Waals surface area (Å²) in [5.41, 5.74) is 1.53. The third kappa shape index (κ3) is 2.02. The summed E-state index contributed by atoms with van der Waals surface area (Å²) in [7, 11) is 0. The maximum absolute atomic E-state index is 2.37. The summed E-state index contributed by atoms with van der Waals surface area (Å²) in [6.45, 7) is 4.49. The first-order valence-corrected chi connectivity index (χ1v) is 4.20. The van der Waals surface area contributed by atoms with Gasteiger partial charge in [0.05, 0.1) is 0 Å². The molecule has 1 aliphatic carbocycles. The van der Waals surface area contributed by atoms with Crippen LogP contribution in [0.5, 0.6) is 0 Å². The van der Waals surface area contributed by atoms with E-state index in [9.17, 15) is 0 Å². The van der Waals surface area contributed by atoms with Crippen LogP contribution >= 0.6 is 0 Å². The lowest BCUT2D eigenvalue weighted by molar-refractivity contribution is 0.722. The minimum Gasteiger partial charge on any atom is -0.0811 e. The zero-order valence-corrected chi connectivity index (χ0v) is 6.93. The fraction of sp³-hybridized carbons (Fsp3) is 0.600. The predicted octanol–water partition coefficient (Wildman–Crippen LogP) is 3.31. The van der Waals surface area contributed by atoms with Gasteiger partial charge in [-0.15, -0.1) is 0 Å². The van der Waals surface area contributed by atoms with E-state index in [4.69, 9.17) is 0 Å². The molecule has 0 aromatic rings. The van der Waals surface area contributed by atoms with E-state index >= 15 is 0 Å². The maximum Gasteiger partial charge on any atom is -0.0224 e. The lowest BCUT2D eigenvalue weighted by Crippen LogP contribution is -1.93. The molecule has 1 aliphatic rings. The monoisotopic (exact) mass is 136 g/mol. The first-order chi connectivity index (χ1) is 4.83. The van der Waals surface area contributed by atoms with E-state index in [0.717, 1.165) is 5.92 Å². The van der Waals surface area contributed by atoms with Gasteiger partial charge in [-0.25, -0.2) is 0 Å². The third-order valence-corrected chi connectivity index (χ3v) is 1.93. The van der Waals surface area contributed by atoms with Crippen LogP contribution in [0.2, 0.25) is 0 Å². The van der Waals surface area contributed by atoms with Crippen molar-refractivity contribution in [3.05, 3.63) is 23.8 Å². The topological polar surface area (TPSA) is 0 Å². The highest BCUT2D eigenvalue weighted by molar-refractivity contribution is 5.22. The molecule has 0 heteroatoms. The number of allylic oxidation sites excluding steroid dienone is 4. The Balaban J connectivity index is 2.42. The normalized spacial score (nSPS) is 24.6. The van der Waals surface area contributed by atoms with E-state index in [2.05, 4.69) is 32.1 Å². The SMILES string of the molecule is CCCC1=CCC(C)C=C1. The Bertz CT molecular complexity index is 151. The molecule has 0 aromatic heterocycles. The molecule has 0 heterocycles. The molecule has 1 rings (SSSR count). The lowest BCUT2D eigenvalue weighted by atomic mass is 9.96. The maximum atomic E-state index is 2.37. The summed E-state index contributed by atoms with van der Waals surface area (Å²) >= 11 is 0. The van der Waals surface area contributed by atoms with Crippen molar-refractivity contribution in [2.45, 2.75) is 33.1 Å². The highest BCUT2D eigenvalue weighted by atomic mass is 14.1. The third-order valence-electron chi connectivity index (χ3n) is 1.93. The van der Waals surface area contributed by atoms with Crippen molar-refractivity contribution in [3.8, 4) is 0 Å². The summed E-state index contributed by atoms with van der Waals surface area (Å²) in [4.78, 5) is 0. The van der Waals surface area contributed by atoms with Crippen LogP contribution in [0.25, 0.3) is 0 Å². The summed E-state index contributed by atoms with van der Waals surface area (Å²) in [5, 5.41) is 0. The fourth-order valence-electron chi connectivity index (χ4n) is 1.25. The van der Waals surface area contributed by atoms with Crippen molar-refractivity contribution in [1.82, 2.24) is 0 Å². The molecule has 0 amide bonds. The molecule has 56 valence electrons. The second-order valence-electron chi connectivity index (χ2n) is 3.10. The van der Waals surface area contributed by atoms with Crippen LogP contribution in [0, 0.1) is 5.92 Å². The van der Waals surface area contributed by atoms with Crippen molar-refractivity contribution in [1.29, 1.82) is 0 Å². The molecule has 0 spiro atoms. The predicted molar refractivity (Wildman–Crippen MR) is 45.9 cm³/mol. The van der Waals surface area contributed by atoms with E-state index in [1.807, 2.05) is 0 Å². The molecule has 1 atom stereocenters. The molecular formula is C10H16. The zero-order chi connectivity index (χ0) is 7.40. The summed E-state index contributed by atoms with van der Waals surface area (Å²) < 4.78 is 0. The van der Waals surface area contributed by atoms with Crippen LogP contribution in [0.4, 0.5) is 0 Å². The van der Waals surface area contributed by atoms with Gasteiger partial charge in [0.25, 0.3) is 0 Å². The average Bonchev–Trinajstić information content (AvgIpc) is 1.95. The summed E-state index contributed by atoms with van der Waals surface area (Å²) in [6.07, 6.45) is 10.7. The van der Waals surface area contributed by atoms with Crippen molar-refractivity contribution >= 4 is 0 Å². The minimum atomic E-state index is 0.764. The van der Waals surface area contributed by atoms with Crippen LogP contribution in [-0.2, 0) is 0 Å². The van der Waals surface area contributed by atoms with Gasteiger partial charge < -0.3 is 0 Å². The molecule has 1 unspecified atom stereocenters. The standard InChI is InChI=1S/C10H16/c1-3-4-10-7-5-9(2)6-8-10/h5,7-9H,3-4,6H2,1-2H3. The second-order valence-corrected chi connectivity index (χ2v) is 3.10. The average molecular weight is 136 g/mol. The van der Waals surface area contributed by atoms with E-state index in [-0.39, 0.29) is 0 Å². The van der Waals surface area contributed by atoms with Gasteiger partial charge in [-0.1, -0.05) is 44.1 Å². The Hall–Kier alpha value is -0.520. The molecule has 0 aliphatic heterocycles. The first-order valence-electron chi connectivity index (χ1n) is 4.20. The summed E-state index contributed by atoms with van der Waals surface area (Å²) in [6, 6.07) is 0. The Morgan fingerprint density at radius 1 is 1.60 bits per heavy atom. The Labute approximate surface area is 63.6 Å². The number of hydrogen-bond donors (Lipinski definition) is 0. The van der Waals surface area contributed by atoms with Gasteiger partial charge in [0.1, 0.15) is 0 Å². The van der Waals surface area contributed by atoms with E-state index in [1.54, 1.807) is 0 Å². The van der Waals surface area contributed by atoms with Crippen LogP contribution < -0.4 is 0 Å². The van der Waals surface area contributed by atoms with Crippen molar-refractivity contribution in [2.24, 2.45) is 5.92 Å². The summed E-state index contributed by atoms with van der Waals surface area (Å²) in [5.74, 6) is 0.764. The van der Waals surface area contributed by atoms with Gasteiger partial charge in [0.15, 0.2) is 0 Å². The van der Waals surface area contributed by atoms with Gasteiger partial charge >= 0.3 is 0 Å². The van der Waals surface area contributed by atoms with Gasteiger partial charge in [-0.2, -0.15) is 0 Å². The molecule has 0 saturated carbocycles. The molecule has 0 saturated heterocycles. The smallest absolute Gasteiger partial charge is 0.0224 e. The number of hydrogen-bond acceptors (Lipinski definition) is 0. The fourth-order valence-corrected chi connectivity index (χ4v) is 1.25. The van der Waals surface area contributed by atoms with Crippen LogP contribution in [0.15, 0.2) is 23.8 Å². The molecule has 0 nitrogen and oxygen atoms in total. The van der Waals surface area contributed by atoms with E-state index < -0.39 is 0 Å². The Morgan fingerprint density at radius 2 is 2.40 bits per heavy atom. The number of rotatable bonds is 2. The van der Waals surface area contributed by atoms with Crippen molar-refractivity contribution in [2.75, 3.05) is 0 Å². The van der Waals surface area contributed by atoms with Crippen molar-refractivity contribution in [3.63, 3.8) is 0 Å². The molecular weight excluding hydrogens is 120 g/mol. The molecule has 0 radical (unpaired) electrons. The van der Waals surface area contributed by atoms with Crippen molar-refractivity contribution < 1.29 is 0 Å². The van der Waals surface area contributed by atoms with Gasteiger partial charge in [-0.3, -0.25) is 0 Å². The van der Waals surface area contributed by atoms with Crippen LogP contribution in [0.3, 0.4) is 0 Å². The van der Waals surface area contributed by atoms with Gasteiger partial charge in [-0.05, 0) is 18.8 Å². The second kappa shape index (κ2) is 3.60. The molecule has 0 aromatic carbocycles. The highest BCUT2D eigenvalue weighted by Crippen LogP contribution is 2.18. The highest BCUT2D eigenvalue weighted by Gasteiger charge is 2.01. The van der Waals surface area contributed by atoms with E-state index in [0.29, 0.717) is 0 Å². The molecule has 0 N–H and O–H groups in total. The zero-order valence-electron chi connectivity index (χ0n) is 6.93. The minimum absolute atomic E-state index is 0.764. The van der Waals surface area contributed by atoms with Crippen LogP contribution in [0.1, 0.15) is 33.1 Å². The first kappa shape index (κ1) is 7.59. The largest absolute Gasteiger partial charge is 0.0811 e. The van der Waals surface area contributed by atoms with E-state index in [1.165, 1.54) is 24.8 Å².